The lowest BCUT2D eigenvalue weighted by Crippen LogP contribution is -2.47. The van der Waals surface area contributed by atoms with Gasteiger partial charge in [0.1, 0.15) is 18.4 Å². The molecule has 242 valence electrons. The van der Waals surface area contributed by atoms with Gasteiger partial charge in [0.05, 0.1) is 19.5 Å². The van der Waals surface area contributed by atoms with E-state index in [0.717, 1.165) is 17.8 Å². The monoisotopic (exact) mass is 642 g/mol. The van der Waals surface area contributed by atoms with Gasteiger partial charge in [-0.05, 0) is 38.3 Å². The maximum absolute atomic E-state index is 16.3. The average Bonchev–Trinajstić information content (AvgIpc) is 3.43. The summed E-state index contributed by atoms with van der Waals surface area (Å²) >= 11 is 0. The number of anilines is 1. The van der Waals surface area contributed by atoms with Gasteiger partial charge in [-0.2, -0.15) is 15.1 Å². The van der Waals surface area contributed by atoms with Crippen molar-refractivity contribution in [3.63, 3.8) is 0 Å². The summed E-state index contributed by atoms with van der Waals surface area (Å²) < 4.78 is 74.3. The van der Waals surface area contributed by atoms with Crippen LogP contribution in [-0.2, 0) is 23.4 Å². The van der Waals surface area contributed by atoms with E-state index in [9.17, 15) is 14.5 Å². The van der Waals surface area contributed by atoms with Crippen LogP contribution in [0.1, 0.15) is 47.8 Å². The third kappa shape index (κ3) is 7.26. The maximum Gasteiger partial charge on any atom is 0.459 e. The smallest absolute Gasteiger partial charge is 0.459 e. The first-order valence-corrected chi connectivity index (χ1v) is 15.3. The lowest BCUT2D eigenvalue weighted by Gasteiger charge is -2.28. The highest BCUT2D eigenvalue weighted by Gasteiger charge is 2.65. The second-order valence-corrected chi connectivity index (χ2v) is 13.3. The molecule has 0 amide bonds. The fraction of sp³-hybridized carbons (Fsp3) is 0.556. The fourth-order valence-corrected chi connectivity index (χ4v) is 5.77. The molecule has 17 heteroatoms. The summed E-state index contributed by atoms with van der Waals surface area (Å²) in [6.45, 7) is 8.55. The Kier molecular flexibility index (Phi) is 9.52. The number of carbonyl (C=O) groups is 1. The third-order valence-electron chi connectivity index (χ3n) is 6.43. The molecule has 3 heterocycles. The number of ether oxygens (including phenoxy) is 3. The van der Waals surface area contributed by atoms with Gasteiger partial charge in [0.15, 0.2) is 29.2 Å². The SMILES string of the molecule is CCOc1nc(N)nc2c1ncn2[C@@H]1O[C@](F)(COP(=O)(N[C@@H](C)C(=O)OCC(C)(C)C)Oc2ccccc2)[C@@H](O)[C@@]1(C)F. The quantitative estimate of drug-likeness (QED) is 0.191. The number of alkyl halides is 2. The molecule has 3 aromatic rings. The number of rotatable bonds is 12. The molecule has 1 aromatic carbocycles. The Morgan fingerprint density at radius 3 is 2.59 bits per heavy atom. The highest BCUT2D eigenvalue weighted by Crippen LogP contribution is 2.52. The number of aromatic nitrogens is 4. The summed E-state index contributed by atoms with van der Waals surface area (Å²) in [6.07, 6.45) is -3.19. The van der Waals surface area contributed by atoms with Crippen molar-refractivity contribution >= 4 is 30.8 Å². The number of aliphatic hydroxyl groups is 1. The lowest BCUT2D eigenvalue weighted by molar-refractivity contribution is -0.202. The molecule has 0 bridgehead atoms. The van der Waals surface area contributed by atoms with Crippen LogP contribution < -0.4 is 20.1 Å². The van der Waals surface area contributed by atoms with Crippen molar-refractivity contribution in [1.29, 1.82) is 0 Å². The molecule has 4 rings (SSSR count). The number of nitrogens with two attached hydrogens (primary N) is 1. The Labute approximate surface area is 252 Å². The van der Waals surface area contributed by atoms with Gasteiger partial charge in [-0.3, -0.25) is 13.9 Å². The molecule has 6 atom stereocenters. The standard InChI is InChI=1S/C27H37F2N6O8P/c1-7-39-20-18-19(32-24(30)33-20)35(15-31-18)23-26(6,28)22(37)27(29,42-23)14-41-44(38,43-17-11-9-8-10-12-17)34-16(2)21(36)40-13-25(3,4)5/h8-12,15-16,22-23,37H,7,13-14H2,1-6H3,(H,34,38)(H2,30,32,33)/t16-,22-,23+,26+,27+,44?/m0/s1. The van der Waals surface area contributed by atoms with Crippen LogP contribution in [0, 0.1) is 5.41 Å². The van der Waals surface area contributed by atoms with Crippen LogP contribution in [0.2, 0.25) is 0 Å². The van der Waals surface area contributed by atoms with E-state index in [4.69, 9.17) is 29.0 Å². The minimum Gasteiger partial charge on any atom is -0.476 e. The Hall–Kier alpha value is -3.43. The van der Waals surface area contributed by atoms with Crippen molar-refractivity contribution in [3.8, 4) is 11.6 Å². The van der Waals surface area contributed by atoms with Gasteiger partial charge in [-0.25, -0.2) is 18.3 Å². The molecule has 4 N–H and O–H groups in total. The number of aliphatic hydroxyl groups excluding tert-OH is 1. The Bertz CT molecular complexity index is 1520. The zero-order valence-corrected chi connectivity index (χ0v) is 26.1. The van der Waals surface area contributed by atoms with Crippen molar-refractivity contribution in [3.05, 3.63) is 36.7 Å². The highest BCUT2D eigenvalue weighted by atomic mass is 31.2. The van der Waals surface area contributed by atoms with Crippen molar-refractivity contribution in [2.75, 3.05) is 25.6 Å². The van der Waals surface area contributed by atoms with Gasteiger partial charge < -0.3 is 29.6 Å². The normalized spacial score (nSPS) is 25.8. The van der Waals surface area contributed by atoms with Crippen molar-refractivity contribution in [2.45, 2.75) is 71.4 Å². The molecule has 0 radical (unpaired) electrons. The van der Waals surface area contributed by atoms with Crippen molar-refractivity contribution < 1.29 is 46.5 Å². The maximum atomic E-state index is 16.3. The topological polar surface area (TPSA) is 182 Å². The highest BCUT2D eigenvalue weighted by molar-refractivity contribution is 7.52. The van der Waals surface area contributed by atoms with Crippen LogP contribution in [0.4, 0.5) is 14.7 Å². The minimum absolute atomic E-state index is 0.0166. The van der Waals surface area contributed by atoms with Gasteiger partial charge in [-0.1, -0.05) is 39.0 Å². The predicted molar refractivity (Wildman–Crippen MR) is 154 cm³/mol. The largest absolute Gasteiger partial charge is 0.476 e. The van der Waals surface area contributed by atoms with Crippen LogP contribution in [-0.4, -0.2) is 74.1 Å². The summed E-state index contributed by atoms with van der Waals surface area (Å²) in [7, 11) is -4.60. The second kappa shape index (κ2) is 12.5. The van der Waals surface area contributed by atoms with E-state index in [1.807, 2.05) is 20.8 Å². The Morgan fingerprint density at radius 1 is 1.27 bits per heavy atom. The van der Waals surface area contributed by atoms with E-state index in [-0.39, 0.29) is 47.4 Å². The summed E-state index contributed by atoms with van der Waals surface area (Å²) in [5.74, 6) is -4.19. The number of hydrogen-bond donors (Lipinski definition) is 3. The van der Waals surface area contributed by atoms with Crippen LogP contribution in [0.25, 0.3) is 11.2 Å². The zero-order chi connectivity index (χ0) is 32.5. The van der Waals surface area contributed by atoms with E-state index in [2.05, 4.69) is 20.0 Å². The molecule has 0 aliphatic carbocycles. The minimum atomic E-state index is -4.60. The molecule has 1 saturated heterocycles. The molecule has 1 unspecified atom stereocenters. The van der Waals surface area contributed by atoms with E-state index >= 15 is 8.78 Å². The molecular formula is C27H37F2N6O8P. The number of fused-ring (bicyclic) bond motifs is 1. The number of nitrogens with one attached hydrogen (secondary N) is 1. The first-order valence-electron chi connectivity index (χ1n) is 13.8. The number of hydrogen-bond acceptors (Lipinski definition) is 12. The molecular weight excluding hydrogens is 605 g/mol. The van der Waals surface area contributed by atoms with Crippen LogP contribution >= 0.6 is 7.75 Å². The van der Waals surface area contributed by atoms with Gasteiger partial charge in [0.25, 0.3) is 5.85 Å². The Morgan fingerprint density at radius 2 is 1.95 bits per heavy atom. The van der Waals surface area contributed by atoms with E-state index in [1.54, 1.807) is 25.1 Å². The van der Waals surface area contributed by atoms with Gasteiger partial charge in [-0.15, -0.1) is 0 Å². The number of benzene rings is 1. The van der Waals surface area contributed by atoms with E-state index in [1.165, 1.54) is 19.1 Å². The lowest BCUT2D eigenvalue weighted by atomic mass is 9.97. The van der Waals surface area contributed by atoms with Gasteiger partial charge in [0, 0.05) is 0 Å². The van der Waals surface area contributed by atoms with Crippen LogP contribution in [0.15, 0.2) is 36.7 Å². The van der Waals surface area contributed by atoms with Crippen LogP contribution in [0.3, 0.4) is 0 Å². The molecule has 0 spiro atoms. The predicted octanol–water partition coefficient (Wildman–Crippen LogP) is 3.86. The number of imidazole rings is 1. The first kappa shape index (κ1) is 33.5. The number of esters is 1. The van der Waals surface area contributed by atoms with Crippen molar-refractivity contribution in [2.24, 2.45) is 5.41 Å². The molecule has 14 nitrogen and oxygen atoms in total. The van der Waals surface area contributed by atoms with E-state index in [0.29, 0.717) is 0 Å². The average molecular weight is 643 g/mol. The zero-order valence-electron chi connectivity index (χ0n) is 25.2. The molecule has 1 fully saturated rings. The summed E-state index contributed by atoms with van der Waals surface area (Å²) in [6, 6.07) is 6.52. The summed E-state index contributed by atoms with van der Waals surface area (Å²) in [5, 5.41) is 13.2. The number of carbonyl (C=O) groups excluding carboxylic acids is 1. The van der Waals surface area contributed by atoms with E-state index < -0.39 is 50.2 Å². The number of halogens is 2. The van der Waals surface area contributed by atoms with Crippen molar-refractivity contribution in [1.82, 2.24) is 24.6 Å². The van der Waals surface area contributed by atoms with Crippen LogP contribution in [0.5, 0.6) is 11.6 Å². The number of para-hydroxylation sites is 1. The Balaban J connectivity index is 1.59. The fourth-order valence-electron chi connectivity index (χ4n) is 4.26. The number of nitrogen functional groups attached to an aromatic ring is 1. The summed E-state index contributed by atoms with van der Waals surface area (Å²) in [4.78, 5) is 24.8. The molecule has 0 saturated carbocycles. The third-order valence-corrected chi connectivity index (χ3v) is 8.05. The first-order chi connectivity index (χ1) is 20.5. The number of nitrogens with zero attached hydrogens (tertiary/aromatic N) is 4. The second-order valence-electron chi connectivity index (χ2n) is 11.6. The summed E-state index contributed by atoms with van der Waals surface area (Å²) in [5.41, 5.74) is 2.70. The molecule has 1 aliphatic rings. The van der Waals surface area contributed by atoms with Gasteiger partial charge >= 0.3 is 13.7 Å². The van der Waals surface area contributed by atoms with Gasteiger partial charge in [0.2, 0.25) is 11.8 Å². The molecule has 44 heavy (non-hydrogen) atoms. The molecule has 2 aromatic heterocycles. The molecule has 1 aliphatic heterocycles.